The molecule has 0 unspecified atom stereocenters. The van der Waals surface area contributed by atoms with Crippen LogP contribution in [0.4, 0.5) is 8.78 Å². The molecular formula is C20H16F2N4O. The fourth-order valence-corrected chi connectivity index (χ4v) is 3.59. The first kappa shape index (κ1) is 16.1. The summed E-state index contributed by atoms with van der Waals surface area (Å²) in [6, 6.07) is 4.59. The second-order valence-corrected chi connectivity index (χ2v) is 6.95. The molecule has 0 spiro atoms. The van der Waals surface area contributed by atoms with E-state index in [0.717, 1.165) is 41.3 Å². The Morgan fingerprint density at radius 1 is 1.04 bits per heavy atom. The van der Waals surface area contributed by atoms with Crippen LogP contribution in [0.25, 0.3) is 33.5 Å². The molecule has 0 radical (unpaired) electrons. The lowest BCUT2D eigenvalue weighted by Crippen LogP contribution is -1.98. The third-order valence-electron chi connectivity index (χ3n) is 4.96. The number of hydrogen-bond acceptors (Lipinski definition) is 4. The average Bonchev–Trinajstić information content (AvgIpc) is 3.34. The number of fused-ring (bicyclic) bond motifs is 1. The number of benzene rings is 1. The van der Waals surface area contributed by atoms with Crippen LogP contribution in [0, 0.1) is 25.5 Å². The average molecular weight is 366 g/mol. The van der Waals surface area contributed by atoms with Crippen LogP contribution in [0.15, 0.2) is 35.1 Å². The summed E-state index contributed by atoms with van der Waals surface area (Å²) in [7, 11) is 0. The minimum absolute atomic E-state index is 0.248. The summed E-state index contributed by atoms with van der Waals surface area (Å²) in [6.07, 6.45) is 5.46. The Bertz CT molecular complexity index is 1170. The maximum atomic E-state index is 13.8. The van der Waals surface area contributed by atoms with Crippen molar-refractivity contribution in [2.45, 2.75) is 32.7 Å². The molecule has 7 heteroatoms. The van der Waals surface area contributed by atoms with Gasteiger partial charge in [0.25, 0.3) is 0 Å². The van der Waals surface area contributed by atoms with Gasteiger partial charge in [-0.25, -0.2) is 13.8 Å². The van der Waals surface area contributed by atoms with E-state index in [2.05, 4.69) is 15.1 Å². The molecule has 1 aliphatic carbocycles. The molecule has 136 valence electrons. The summed E-state index contributed by atoms with van der Waals surface area (Å²) in [4.78, 5) is 8.95. The molecule has 0 amide bonds. The molecular weight excluding hydrogens is 350 g/mol. The fraction of sp³-hybridized carbons (Fsp3) is 0.250. The molecule has 0 saturated heterocycles. The van der Waals surface area contributed by atoms with Crippen LogP contribution < -0.4 is 0 Å². The molecule has 5 rings (SSSR count). The highest BCUT2D eigenvalue weighted by molar-refractivity contribution is 5.82. The lowest BCUT2D eigenvalue weighted by molar-refractivity contribution is 0.393. The molecule has 0 N–H and O–H groups in total. The summed E-state index contributed by atoms with van der Waals surface area (Å²) in [5.74, 6) is -0.375. The van der Waals surface area contributed by atoms with Crippen molar-refractivity contribution in [1.29, 1.82) is 0 Å². The van der Waals surface area contributed by atoms with Gasteiger partial charge in [0, 0.05) is 47.3 Å². The Kier molecular flexibility index (Phi) is 3.40. The molecule has 4 aromatic rings. The molecule has 1 aliphatic rings. The quantitative estimate of drug-likeness (QED) is 0.513. The van der Waals surface area contributed by atoms with Crippen molar-refractivity contribution in [2.24, 2.45) is 0 Å². The Balaban J connectivity index is 1.72. The van der Waals surface area contributed by atoms with Crippen molar-refractivity contribution < 1.29 is 13.3 Å². The number of rotatable bonds is 3. The monoisotopic (exact) mass is 366 g/mol. The normalized spacial score (nSPS) is 14.2. The fourth-order valence-electron chi connectivity index (χ4n) is 3.59. The minimum atomic E-state index is -0.892. The molecule has 1 fully saturated rings. The Morgan fingerprint density at radius 3 is 2.48 bits per heavy atom. The first-order valence-corrected chi connectivity index (χ1v) is 8.78. The Hall–Kier alpha value is -3.09. The van der Waals surface area contributed by atoms with E-state index in [1.807, 2.05) is 24.5 Å². The zero-order valence-corrected chi connectivity index (χ0v) is 14.8. The van der Waals surface area contributed by atoms with Crippen LogP contribution in [0.1, 0.15) is 30.3 Å². The smallest absolute Gasteiger partial charge is 0.161 e. The number of aromatic nitrogens is 4. The van der Waals surface area contributed by atoms with Crippen LogP contribution in [-0.2, 0) is 0 Å². The predicted octanol–water partition coefficient (Wildman–Crippen LogP) is 4.98. The maximum Gasteiger partial charge on any atom is 0.161 e. The zero-order chi connectivity index (χ0) is 18.7. The highest BCUT2D eigenvalue weighted by atomic mass is 19.2. The number of pyridine rings is 1. The highest BCUT2D eigenvalue weighted by Crippen LogP contribution is 2.42. The van der Waals surface area contributed by atoms with Gasteiger partial charge < -0.3 is 9.09 Å². The van der Waals surface area contributed by atoms with Crippen LogP contribution in [0.2, 0.25) is 0 Å². The van der Waals surface area contributed by atoms with Crippen molar-refractivity contribution >= 4 is 11.0 Å². The summed E-state index contributed by atoms with van der Waals surface area (Å²) in [5.41, 5.74) is 4.39. The van der Waals surface area contributed by atoms with Gasteiger partial charge in [-0.3, -0.25) is 4.98 Å². The summed E-state index contributed by atoms with van der Waals surface area (Å²) < 4.78 is 34.8. The number of hydrogen-bond donors (Lipinski definition) is 0. The predicted molar refractivity (Wildman–Crippen MR) is 96.1 cm³/mol. The second kappa shape index (κ2) is 5.70. The number of halogens is 2. The molecule has 0 atom stereocenters. The topological polar surface area (TPSA) is 56.7 Å². The molecule has 27 heavy (non-hydrogen) atoms. The van der Waals surface area contributed by atoms with Crippen LogP contribution in [0.3, 0.4) is 0 Å². The van der Waals surface area contributed by atoms with E-state index in [-0.39, 0.29) is 6.04 Å². The van der Waals surface area contributed by atoms with Gasteiger partial charge in [-0.05, 0) is 32.8 Å². The lowest BCUT2D eigenvalue weighted by atomic mass is 10.0. The van der Waals surface area contributed by atoms with Gasteiger partial charge in [-0.15, -0.1) is 0 Å². The van der Waals surface area contributed by atoms with Gasteiger partial charge in [-0.2, -0.15) is 0 Å². The number of nitrogens with zero attached hydrogens (tertiary/aromatic N) is 4. The van der Waals surface area contributed by atoms with E-state index in [1.54, 1.807) is 12.4 Å². The first-order chi connectivity index (χ1) is 13.0. The third kappa shape index (κ3) is 2.53. The summed E-state index contributed by atoms with van der Waals surface area (Å²) in [6.45, 7) is 3.73. The molecule has 1 saturated carbocycles. The maximum absolute atomic E-state index is 13.8. The van der Waals surface area contributed by atoms with E-state index in [4.69, 9.17) is 4.52 Å². The van der Waals surface area contributed by atoms with Crippen molar-refractivity contribution in [3.63, 3.8) is 0 Å². The van der Waals surface area contributed by atoms with Gasteiger partial charge in [-0.1, -0.05) is 5.16 Å². The number of imidazole rings is 1. The van der Waals surface area contributed by atoms with E-state index in [0.29, 0.717) is 22.6 Å². The largest absolute Gasteiger partial charge is 0.361 e. The molecule has 3 aromatic heterocycles. The van der Waals surface area contributed by atoms with Gasteiger partial charge in [0.05, 0.1) is 16.7 Å². The second-order valence-electron chi connectivity index (χ2n) is 6.95. The lowest BCUT2D eigenvalue weighted by Gasteiger charge is -2.09. The zero-order valence-electron chi connectivity index (χ0n) is 14.8. The van der Waals surface area contributed by atoms with Crippen LogP contribution in [0.5, 0.6) is 0 Å². The van der Waals surface area contributed by atoms with Crippen molar-refractivity contribution in [2.75, 3.05) is 0 Å². The third-order valence-corrected chi connectivity index (χ3v) is 4.96. The number of aryl methyl sites for hydroxylation is 2. The van der Waals surface area contributed by atoms with Gasteiger partial charge in [0.2, 0.25) is 0 Å². The van der Waals surface area contributed by atoms with Crippen molar-refractivity contribution in [3.05, 3.63) is 53.7 Å². The van der Waals surface area contributed by atoms with Gasteiger partial charge >= 0.3 is 0 Å². The SMILES string of the molecule is Cc1noc(C)c1-c1cncc(-c2nc3cc(F)c(F)cc3n2C2CC2)c1. The van der Waals surface area contributed by atoms with Crippen LogP contribution >= 0.6 is 0 Å². The molecule has 1 aromatic carbocycles. The summed E-state index contributed by atoms with van der Waals surface area (Å²) in [5, 5.41) is 4.00. The van der Waals surface area contributed by atoms with Crippen molar-refractivity contribution in [1.82, 2.24) is 19.7 Å². The van der Waals surface area contributed by atoms with E-state index < -0.39 is 11.6 Å². The molecule has 0 bridgehead atoms. The Morgan fingerprint density at radius 2 is 1.78 bits per heavy atom. The van der Waals surface area contributed by atoms with Gasteiger partial charge in [0.1, 0.15) is 11.6 Å². The molecule has 0 aliphatic heterocycles. The summed E-state index contributed by atoms with van der Waals surface area (Å²) >= 11 is 0. The Labute approximate surface area is 153 Å². The first-order valence-electron chi connectivity index (χ1n) is 8.78. The highest BCUT2D eigenvalue weighted by Gasteiger charge is 2.29. The van der Waals surface area contributed by atoms with E-state index in [1.165, 1.54) is 6.07 Å². The molecule has 3 heterocycles. The minimum Gasteiger partial charge on any atom is -0.361 e. The van der Waals surface area contributed by atoms with E-state index in [9.17, 15) is 8.78 Å². The van der Waals surface area contributed by atoms with Crippen molar-refractivity contribution in [3.8, 4) is 22.5 Å². The van der Waals surface area contributed by atoms with E-state index >= 15 is 0 Å². The van der Waals surface area contributed by atoms with Gasteiger partial charge in [0.15, 0.2) is 11.6 Å². The standard InChI is InChI=1S/C20H16F2N4O/c1-10-19(11(2)27-25-10)12-5-13(9-23-8-12)20-24-17-6-15(21)16(22)7-18(17)26(20)14-3-4-14/h5-9,14H,3-4H2,1-2H3. The molecule has 5 nitrogen and oxygen atoms in total. The van der Waals surface area contributed by atoms with Crippen LogP contribution in [-0.4, -0.2) is 19.7 Å².